The van der Waals surface area contributed by atoms with E-state index in [9.17, 15) is 13.6 Å². The second-order valence-electron chi connectivity index (χ2n) is 7.50. The normalized spacial score (nSPS) is 21.4. The fourth-order valence-electron chi connectivity index (χ4n) is 3.49. The predicted octanol–water partition coefficient (Wildman–Crippen LogP) is 4.06. The van der Waals surface area contributed by atoms with E-state index in [0.717, 1.165) is 0 Å². The maximum absolute atomic E-state index is 14.3. The molecule has 0 aromatic carbocycles. The molecule has 1 aliphatic carbocycles. The third-order valence-corrected chi connectivity index (χ3v) is 5.16. The number of halogens is 3. The van der Waals surface area contributed by atoms with E-state index in [2.05, 4.69) is 27.1 Å². The van der Waals surface area contributed by atoms with E-state index in [1.54, 1.807) is 25.1 Å². The van der Waals surface area contributed by atoms with Crippen LogP contribution in [0.1, 0.15) is 31.2 Å². The van der Waals surface area contributed by atoms with Gasteiger partial charge in [0.1, 0.15) is 17.8 Å². The minimum Gasteiger partial charge on any atom is -0.368 e. The van der Waals surface area contributed by atoms with Crippen LogP contribution < -0.4 is 11.1 Å². The van der Waals surface area contributed by atoms with Gasteiger partial charge in [-0.25, -0.2) is 8.78 Å². The largest absolute Gasteiger partial charge is 0.368 e. The number of carbonyl (C=O) groups is 1. The Morgan fingerprint density at radius 1 is 1.35 bits per heavy atom. The molecule has 0 radical (unpaired) electrons. The van der Waals surface area contributed by atoms with Gasteiger partial charge in [-0.15, -0.1) is 10.2 Å². The molecule has 9 heteroatoms. The Bertz CT molecular complexity index is 1040. The van der Waals surface area contributed by atoms with E-state index in [1.165, 1.54) is 24.4 Å². The van der Waals surface area contributed by atoms with E-state index < -0.39 is 23.3 Å². The van der Waals surface area contributed by atoms with Crippen LogP contribution >= 0.6 is 11.6 Å². The number of allylic oxidation sites excluding steroid dienone is 3. The third kappa shape index (κ3) is 5.32. The highest BCUT2D eigenvalue weighted by atomic mass is 35.5. The number of hydrogen-bond donors (Lipinski definition) is 2. The number of hydrogen-bond acceptors (Lipinski definition) is 5. The van der Waals surface area contributed by atoms with Gasteiger partial charge in [0.05, 0.1) is 11.4 Å². The van der Waals surface area contributed by atoms with Crippen molar-refractivity contribution in [2.45, 2.75) is 31.4 Å². The van der Waals surface area contributed by atoms with Crippen LogP contribution in [0.15, 0.2) is 59.8 Å². The first kappa shape index (κ1) is 22.6. The van der Waals surface area contributed by atoms with Gasteiger partial charge < -0.3 is 11.1 Å². The minimum absolute atomic E-state index is 0.0956. The number of aromatic nitrogens is 3. The smallest absolute Gasteiger partial charge is 0.248 e. The van der Waals surface area contributed by atoms with Crippen LogP contribution in [0, 0.1) is 5.82 Å². The Kier molecular flexibility index (Phi) is 6.80. The fraction of sp³-hybridized carbons (Fsp3) is 0.273. The predicted molar refractivity (Wildman–Crippen MR) is 116 cm³/mol. The summed E-state index contributed by atoms with van der Waals surface area (Å²) in [6.45, 7) is 5.55. The number of nitrogens with two attached hydrogens (primary N) is 1. The molecule has 2 aromatic rings. The van der Waals surface area contributed by atoms with Crippen LogP contribution in [0.2, 0.25) is 0 Å². The molecule has 0 bridgehead atoms. The Labute approximate surface area is 183 Å². The minimum atomic E-state index is -0.992. The molecule has 2 heterocycles. The summed E-state index contributed by atoms with van der Waals surface area (Å²) in [4.78, 5) is 15.4. The number of alkyl halides is 1. The monoisotopic (exact) mass is 445 g/mol. The van der Waals surface area contributed by atoms with Crippen LogP contribution in [0.4, 0.5) is 14.6 Å². The molecule has 1 aliphatic rings. The molecule has 162 valence electrons. The Balaban J connectivity index is 1.78. The topological polar surface area (TPSA) is 93.8 Å². The lowest BCUT2D eigenvalue weighted by atomic mass is 9.65. The lowest BCUT2D eigenvalue weighted by Crippen LogP contribution is -2.49. The van der Waals surface area contributed by atoms with Gasteiger partial charge in [-0.3, -0.25) is 9.78 Å². The molecule has 0 spiro atoms. The first-order valence-electron chi connectivity index (χ1n) is 9.57. The number of anilines is 1. The lowest BCUT2D eigenvalue weighted by molar-refractivity contribution is -0.114. The van der Waals surface area contributed by atoms with Gasteiger partial charge in [0.2, 0.25) is 5.91 Å². The van der Waals surface area contributed by atoms with Crippen molar-refractivity contribution in [1.82, 2.24) is 15.2 Å². The average Bonchev–Trinajstić information content (AvgIpc) is 2.70. The van der Waals surface area contributed by atoms with E-state index in [0.29, 0.717) is 22.1 Å². The third-order valence-electron chi connectivity index (χ3n) is 5.05. The zero-order chi connectivity index (χ0) is 22.6. The first-order valence-corrected chi connectivity index (χ1v) is 9.95. The Hall–Kier alpha value is -3.13. The van der Waals surface area contributed by atoms with Gasteiger partial charge in [0.25, 0.3) is 0 Å². The molecule has 0 aliphatic heterocycles. The number of primary amides is 1. The first-order chi connectivity index (χ1) is 14.7. The average molecular weight is 446 g/mol. The van der Waals surface area contributed by atoms with Crippen molar-refractivity contribution >= 4 is 28.9 Å². The quantitative estimate of drug-likeness (QED) is 0.472. The van der Waals surface area contributed by atoms with Crippen LogP contribution in [-0.2, 0) is 10.2 Å². The summed E-state index contributed by atoms with van der Waals surface area (Å²) in [5.41, 5.74) is 5.81. The van der Waals surface area contributed by atoms with E-state index in [4.69, 9.17) is 17.3 Å². The maximum atomic E-state index is 14.3. The van der Waals surface area contributed by atoms with Crippen molar-refractivity contribution in [2.24, 2.45) is 5.73 Å². The van der Waals surface area contributed by atoms with Gasteiger partial charge in [-0.1, -0.05) is 18.2 Å². The molecule has 6 nitrogen and oxygen atoms in total. The van der Waals surface area contributed by atoms with Crippen LogP contribution in [0.5, 0.6) is 0 Å². The number of amides is 1. The number of nitrogens with zero attached hydrogens (tertiary/aromatic N) is 3. The zero-order valence-corrected chi connectivity index (χ0v) is 17.7. The molecular formula is C22H22ClF2N5O. The van der Waals surface area contributed by atoms with Gasteiger partial charge in [-0.2, -0.15) is 0 Å². The molecule has 1 fully saturated rings. The van der Waals surface area contributed by atoms with Gasteiger partial charge in [0.15, 0.2) is 0 Å². The van der Waals surface area contributed by atoms with Crippen molar-refractivity contribution in [3.05, 3.63) is 77.0 Å². The van der Waals surface area contributed by atoms with Crippen LogP contribution in [0.3, 0.4) is 0 Å². The van der Waals surface area contributed by atoms with Gasteiger partial charge >= 0.3 is 0 Å². The van der Waals surface area contributed by atoms with Crippen molar-refractivity contribution < 1.29 is 13.6 Å². The Morgan fingerprint density at radius 2 is 2.10 bits per heavy atom. The molecule has 0 atom stereocenters. The van der Waals surface area contributed by atoms with E-state index in [-0.39, 0.29) is 30.7 Å². The second-order valence-corrected chi connectivity index (χ2v) is 8.09. The Morgan fingerprint density at radius 3 is 2.65 bits per heavy atom. The summed E-state index contributed by atoms with van der Waals surface area (Å²) in [5, 5.41) is 11.9. The molecule has 31 heavy (non-hydrogen) atoms. The van der Waals surface area contributed by atoms with Gasteiger partial charge in [-0.05, 0) is 56.2 Å². The highest BCUT2D eigenvalue weighted by molar-refractivity contribution is 6.29. The number of carbonyl (C=O) groups excluding carboxylic acids is 1. The zero-order valence-electron chi connectivity index (χ0n) is 16.9. The molecular weight excluding hydrogens is 424 g/mol. The van der Waals surface area contributed by atoms with Crippen LogP contribution in [0.25, 0.3) is 5.57 Å². The van der Waals surface area contributed by atoms with E-state index >= 15 is 0 Å². The second kappa shape index (κ2) is 9.34. The SMILES string of the molecule is C=C(/C=C(\C=C(/C)Cl)c1ccc(NCC2(c3ncccc3F)CC(F)C2)nn1)C(N)=O. The molecule has 2 aromatic heterocycles. The molecule has 0 unspecified atom stereocenters. The standard InChI is InChI=1S/C22H22ClF2N5O/c1-13(21(26)31)8-15(9-14(2)23)18-5-6-19(30-29-18)28-12-22(10-16(24)11-22)20-17(25)4-3-7-27-20/h3-9,16H,1,10-12H2,2H3,(H2,26,31)(H,28,30)/b14-9+,15-8+. The molecule has 0 saturated heterocycles. The summed E-state index contributed by atoms with van der Waals surface area (Å²) in [5.74, 6) is -0.685. The summed E-state index contributed by atoms with van der Waals surface area (Å²) < 4.78 is 28.0. The molecule has 3 N–H and O–H groups in total. The summed E-state index contributed by atoms with van der Waals surface area (Å²) in [7, 11) is 0. The molecule has 1 amide bonds. The molecule has 3 rings (SSSR count). The van der Waals surface area contributed by atoms with Gasteiger partial charge in [0, 0.05) is 34.3 Å². The number of pyridine rings is 1. The highest BCUT2D eigenvalue weighted by Crippen LogP contribution is 2.45. The van der Waals surface area contributed by atoms with Crippen molar-refractivity contribution in [1.29, 1.82) is 0 Å². The summed E-state index contributed by atoms with van der Waals surface area (Å²) in [6, 6.07) is 6.18. The number of nitrogens with one attached hydrogen (secondary N) is 1. The highest BCUT2D eigenvalue weighted by Gasteiger charge is 2.48. The lowest BCUT2D eigenvalue weighted by Gasteiger charge is -2.44. The number of rotatable bonds is 8. The summed E-state index contributed by atoms with van der Waals surface area (Å²) in [6.07, 6.45) is 3.96. The van der Waals surface area contributed by atoms with E-state index in [1.807, 2.05) is 0 Å². The van der Waals surface area contributed by atoms with Crippen molar-refractivity contribution in [3.8, 4) is 0 Å². The molecule has 1 saturated carbocycles. The fourth-order valence-corrected chi connectivity index (χ4v) is 3.61. The van der Waals surface area contributed by atoms with Crippen molar-refractivity contribution in [2.75, 3.05) is 11.9 Å². The van der Waals surface area contributed by atoms with Crippen molar-refractivity contribution in [3.63, 3.8) is 0 Å². The summed E-state index contributed by atoms with van der Waals surface area (Å²) >= 11 is 5.97. The maximum Gasteiger partial charge on any atom is 0.248 e. The van der Waals surface area contributed by atoms with Crippen LogP contribution in [-0.4, -0.2) is 33.8 Å².